The van der Waals surface area contributed by atoms with Gasteiger partial charge in [-0.3, -0.25) is 0 Å². The summed E-state index contributed by atoms with van der Waals surface area (Å²) in [6, 6.07) is 0. The van der Waals surface area contributed by atoms with Gasteiger partial charge < -0.3 is 10.5 Å². The Labute approximate surface area is 88.2 Å². The van der Waals surface area contributed by atoms with Crippen LogP contribution in [-0.2, 0) is 4.74 Å². The summed E-state index contributed by atoms with van der Waals surface area (Å²) in [6.45, 7) is 5.44. The summed E-state index contributed by atoms with van der Waals surface area (Å²) in [7, 11) is 1.76. The van der Waals surface area contributed by atoms with E-state index in [4.69, 9.17) is 10.5 Å². The number of hydrogen-bond acceptors (Lipinski definition) is 2. The molecule has 14 heavy (non-hydrogen) atoms. The van der Waals surface area contributed by atoms with Gasteiger partial charge in [0.15, 0.2) is 0 Å². The number of methoxy groups -OCH3 is 1. The van der Waals surface area contributed by atoms with Gasteiger partial charge in [-0.2, -0.15) is 0 Å². The van der Waals surface area contributed by atoms with Crippen LogP contribution < -0.4 is 5.73 Å². The summed E-state index contributed by atoms with van der Waals surface area (Å²) in [5.41, 5.74) is 6.56. The summed E-state index contributed by atoms with van der Waals surface area (Å²) >= 11 is 0. The summed E-state index contributed by atoms with van der Waals surface area (Å²) in [5, 5.41) is 0. The van der Waals surface area contributed by atoms with Crippen LogP contribution in [0.2, 0.25) is 0 Å². The fourth-order valence-corrected chi connectivity index (χ4v) is 2.66. The lowest BCUT2D eigenvalue weighted by atomic mass is 9.70. The van der Waals surface area contributed by atoms with Crippen molar-refractivity contribution in [3.63, 3.8) is 0 Å². The molecule has 1 fully saturated rings. The Bertz CT molecular complexity index is 172. The SMILES string of the molecule is COCCC(C)C1(N)CCCC(C)C1. The molecule has 2 nitrogen and oxygen atoms in total. The van der Waals surface area contributed by atoms with Crippen LogP contribution in [0.3, 0.4) is 0 Å². The van der Waals surface area contributed by atoms with E-state index < -0.39 is 0 Å². The number of rotatable bonds is 4. The predicted octanol–water partition coefficient (Wildman–Crippen LogP) is 2.57. The molecule has 0 saturated heterocycles. The van der Waals surface area contributed by atoms with Crippen LogP contribution in [-0.4, -0.2) is 19.3 Å². The third kappa shape index (κ3) is 2.96. The largest absolute Gasteiger partial charge is 0.385 e. The van der Waals surface area contributed by atoms with E-state index in [0.29, 0.717) is 5.92 Å². The van der Waals surface area contributed by atoms with E-state index in [-0.39, 0.29) is 5.54 Å². The van der Waals surface area contributed by atoms with Gasteiger partial charge in [0.05, 0.1) is 0 Å². The van der Waals surface area contributed by atoms with Crippen molar-refractivity contribution in [1.82, 2.24) is 0 Å². The van der Waals surface area contributed by atoms with E-state index in [1.54, 1.807) is 7.11 Å². The van der Waals surface area contributed by atoms with Crippen LogP contribution in [0.4, 0.5) is 0 Å². The Morgan fingerprint density at radius 1 is 1.57 bits per heavy atom. The first-order valence-corrected chi connectivity index (χ1v) is 5.86. The van der Waals surface area contributed by atoms with Gasteiger partial charge in [-0.1, -0.05) is 26.7 Å². The van der Waals surface area contributed by atoms with Crippen molar-refractivity contribution in [2.24, 2.45) is 17.6 Å². The smallest absolute Gasteiger partial charge is 0.0465 e. The molecule has 1 saturated carbocycles. The van der Waals surface area contributed by atoms with Crippen LogP contribution in [0.5, 0.6) is 0 Å². The van der Waals surface area contributed by atoms with Crippen LogP contribution in [0, 0.1) is 11.8 Å². The van der Waals surface area contributed by atoms with Crippen LogP contribution in [0.25, 0.3) is 0 Å². The molecule has 2 heteroatoms. The monoisotopic (exact) mass is 199 g/mol. The molecule has 0 aromatic rings. The molecule has 0 bridgehead atoms. The average Bonchev–Trinajstić information content (AvgIpc) is 2.13. The molecule has 0 radical (unpaired) electrons. The van der Waals surface area contributed by atoms with Crippen molar-refractivity contribution < 1.29 is 4.74 Å². The zero-order chi connectivity index (χ0) is 10.6. The third-order valence-corrected chi connectivity index (χ3v) is 3.80. The van der Waals surface area contributed by atoms with Gasteiger partial charge in [-0.15, -0.1) is 0 Å². The average molecular weight is 199 g/mol. The van der Waals surface area contributed by atoms with Gasteiger partial charge >= 0.3 is 0 Å². The van der Waals surface area contributed by atoms with Crippen LogP contribution >= 0.6 is 0 Å². The van der Waals surface area contributed by atoms with Gasteiger partial charge in [0, 0.05) is 19.3 Å². The highest BCUT2D eigenvalue weighted by atomic mass is 16.5. The molecule has 0 spiro atoms. The number of nitrogens with two attached hydrogens (primary N) is 1. The highest BCUT2D eigenvalue weighted by molar-refractivity contribution is 4.93. The third-order valence-electron chi connectivity index (χ3n) is 3.80. The molecule has 0 aromatic heterocycles. The topological polar surface area (TPSA) is 35.2 Å². The maximum Gasteiger partial charge on any atom is 0.0465 e. The Morgan fingerprint density at radius 2 is 2.29 bits per heavy atom. The Morgan fingerprint density at radius 3 is 2.86 bits per heavy atom. The molecular weight excluding hydrogens is 174 g/mol. The Balaban J connectivity index is 2.45. The summed E-state index contributed by atoms with van der Waals surface area (Å²) in [4.78, 5) is 0. The normalized spacial score (nSPS) is 35.6. The first-order valence-electron chi connectivity index (χ1n) is 5.86. The summed E-state index contributed by atoms with van der Waals surface area (Å²) in [5.74, 6) is 1.39. The van der Waals surface area contributed by atoms with E-state index in [9.17, 15) is 0 Å². The van der Waals surface area contributed by atoms with Crippen molar-refractivity contribution in [2.45, 2.75) is 51.5 Å². The van der Waals surface area contributed by atoms with E-state index in [1.807, 2.05) is 0 Å². The van der Waals surface area contributed by atoms with E-state index in [2.05, 4.69) is 13.8 Å². The molecule has 1 aliphatic carbocycles. The van der Waals surface area contributed by atoms with Crippen molar-refractivity contribution in [1.29, 1.82) is 0 Å². The van der Waals surface area contributed by atoms with Crippen molar-refractivity contribution in [2.75, 3.05) is 13.7 Å². The second kappa shape index (κ2) is 5.13. The molecule has 0 heterocycles. The van der Waals surface area contributed by atoms with Crippen LogP contribution in [0.1, 0.15) is 46.0 Å². The fourth-order valence-electron chi connectivity index (χ4n) is 2.66. The van der Waals surface area contributed by atoms with Crippen LogP contribution in [0.15, 0.2) is 0 Å². The zero-order valence-electron chi connectivity index (χ0n) is 9.88. The van der Waals surface area contributed by atoms with Gasteiger partial charge in [-0.05, 0) is 31.1 Å². The first-order chi connectivity index (χ1) is 6.58. The molecule has 0 amide bonds. The molecule has 84 valence electrons. The van der Waals surface area contributed by atoms with Crippen molar-refractivity contribution >= 4 is 0 Å². The number of hydrogen-bond donors (Lipinski definition) is 1. The molecule has 3 unspecified atom stereocenters. The lowest BCUT2D eigenvalue weighted by Crippen LogP contribution is -2.49. The standard InChI is InChI=1S/C12H25NO/c1-10-5-4-7-12(13,9-10)11(2)6-8-14-3/h10-11H,4-9,13H2,1-3H3. The van der Waals surface area contributed by atoms with E-state index in [1.165, 1.54) is 25.7 Å². The van der Waals surface area contributed by atoms with Gasteiger partial charge in [0.2, 0.25) is 0 Å². The minimum absolute atomic E-state index is 0.0796. The van der Waals surface area contributed by atoms with Gasteiger partial charge in [-0.25, -0.2) is 0 Å². The minimum Gasteiger partial charge on any atom is -0.385 e. The second-order valence-electron chi connectivity index (χ2n) is 5.12. The molecule has 2 N–H and O–H groups in total. The Hall–Kier alpha value is -0.0800. The van der Waals surface area contributed by atoms with Crippen molar-refractivity contribution in [3.05, 3.63) is 0 Å². The minimum atomic E-state index is 0.0796. The van der Waals surface area contributed by atoms with E-state index >= 15 is 0 Å². The highest BCUT2D eigenvalue weighted by Gasteiger charge is 2.35. The summed E-state index contributed by atoms with van der Waals surface area (Å²) in [6.07, 6.45) is 6.14. The van der Waals surface area contributed by atoms with Gasteiger partial charge in [0.1, 0.15) is 0 Å². The molecule has 0 aromatic carbocycles. The summed E-state index contributed by atoms with van der Waals surface area (Å²) < 4.78 is 5.12. The molecule has 0 aliphatic heterocycles. The quantitative estimate of drug-likeness (QED) is 0.755. The van der Waals surface area contributed by atoms with Crippen molar-refractivity contribution in [3.8, 4) is 0 Å². The van der Waals surface area contributed by atoms with Gasteiger partial charge in [0.25, 0.3) is 0 Å². The molecule has 3 atom stereocenters. The Kier molecular flexibility index (Phi) is 4.39. The van der Waals surface area contributed by atoms with E-state index in [0.717, 1.165) is 18.9 Å². The zero-order valence-corrected chi connectivity index (χ0v) is 9.88. The molecule has 1 rings (SSSR count). The maximum absolute atomic E-state index is 6.48. The lowest BCUT2D eigenvalue weighted by molar-refractivity contribution is 0.121. The second-order valence-corrected chi connectivity index (χ2v) is 5.12. The lowest BCUT2D eigenvalue weighted by Gasteiger charge is -2.41. The molecule has 1 aliphatic rings. The number of ether oxygens (including phenoxy) is 1. The maximum atomic E-state index is 6.48. The predicted molar refractivity (Wildman–Crippen MR) is 60.2 cm³/mol. The highest BCUT2D eigenvalue weighted by Crippen LogP contribution is 2.36. The fraction of sp³-hybridized carbons (Fsp3) is 1.00. The molecular formula is C12H25NO. The first kappa shape index (κ1) is 12.0.